The van der Waals surface area contributed by atoms with Gasteiger partial charge in [0.2, 0.25) is 0 Å². The Morgan fingerprint density at radius 3 is 2.46 bits per heavy atom. The van der Waals surface area contributed by atoms with Gasteiger partial charge in [0.25, 0.3) is 5.91 Å². The average Bonchev–Trinajstić information content (AvgIpc) is 3.30. The minimum atomic E-state index is -0.540. The van der Waals surface area contributed by atoms with E-state index in [4.69, 9.17) is 0 Å². The summed E-state index contributed by atoms with van der Waals surface area (Å²) in [6, 6.07) is 12.5. The van der Waals surface area contributed by atoms with Crippen molar-refractivity contribution in [3.8, 4) is 5.69 Å². The van der Waals surface area contributed by atoms with Crippen LogP contribution in [0.25, 0.3) is 16.7 Å². The maximum absolute atomic E-state index is 12.6. The minimum absolute atomic E-state index is 0.195. The number of carbonyl (C=O) groups is 1. The van der Waals surface area contributed by atoms with Crippen LogP contribution in [-0.2, 0) is 4.79 Å². The Balaban J connectivity index is 1.53. The van der Waals surface area contributed by atoms with Crippen LogP contribution in [0.2, 0.25) is 0 Å². The number of benzene rings is 2. The van der Waals surface area contributed by atoms with E-state index in [0.29, 0.717) is 5.69 Å². The highest BCUT2D eigenvalue weighted by atomic mass is 16.2. The topological polar surface area (TPSA) is 103 Å². The number of nitrogens with one attached hydrogen (secondary N) is 1. The number of hydrogen-bond donors (Lipinski definition) is 1. The van der Waals surface area contributed by atoms with Gasteiger partial charge in [-0.2, -0.15) is 15.0 Å². The highest BCUT2D eigenvalue weighted by Crippen LogP contribution is 2.19. The summed E-state index contributed by atoms with van der Waals surface area (Å²) in [7, 11) is 0. The molecule has 1 atom stereocenters. The molecule has 1 N–H and O–H groups in total. The molecule has 0 aliphatic carbocycles. The van der Waals surface area contributed by atoms with Gasteiger partial charge in [-0.1, -0.05) is 12.1 Å². The summed E-state index contributed by atoms with van der Waals surface area (Å²) < 4.78 is 1.57. The number of aromatic nitrogens is 7. The number of amides is 1. The van der Waals surface area contributed by atoms with Gasteiger partial charge in [0.15, 0.2) is 0 Å². The van der Waals surface area contributed by atoms with Crippen LogP contribution in [0.5, 0.6) is 0 Å². The summed E-state index contributed by atoms with van der Waals surface area (Å²) in [4.78, 5) is 14.0. The van der Waals surface area contributed by atoms with Crippen LogP contribution in [0, 0.1) is 6.92 Å². The lowest BCUT2D eigenvalue weighted by molar-refractivity contribution is -0.119. The van der Waals surface area contributed by atoms with Crippen LogP contribution in [0.4, 0.5) is 5.69 Å². The molecule has 0 saturated heterocycles. The molecule has 2 aromatic heterocycles. The number of carbonyl (C=O) groups excluding carboxylic acids is 1. The summed E-state index contributed by atoms with van der Waals surface area (Å²) in [5, 5.41) is 22.8. The van der Waals surface area contributed by atoms with Crippen LogP contribution in [0.3, 0.4) is 0 Å². The molecule has 0 spiro atoms. The predicted molar refractivity (Wildman–Crippen MR) is 94.8 cm³/mol. The van der Waals surface area contributed by atoms with E-state index in [1.165, 1.54) is 11.1 Å². The maximum atomic E-state index is 12.6. The van der Waals surface area contributed by atoms with Crippen molar-refractivity contribution in [1.29, 1.82) is 0 Å². The first kappa shape index (κ1) is 15.9. The van der Waals surface area contributed by atoms with Crippen LogP contribution in [0.1, 0.15) is 18.5 Å². The first-order valence-corrected chi connectivity index (χ1v) is 8.08. The second-order valence-corrected chi connectivity index (χ2v) is 5.93. The highest BCUT2D eigenvalue weighted by molar-refractivity contribution is 5.93. The van der Waals surface area contributed by atoms with Gasteiger partial charge < -0.3 is 5.32 Å². The molecule has 0 fully saturated rings. The first-order valence-electron chi connectivity index (χ1n) is 8.08. The predicted octanol–water partition coefficient (Wildman–Crippen LogP) is 1.92. The number of rotatable bonds is 4. The molecule has 0 radical (unpaired) electrons. The third-order valence-electron chi connectivity index (χ3n) is 4.09. The van der Waals surface area contributed by atoms with Crippen LogP contribution in [-0.4, -0.2) is 41.1 Å². The van der Waals surface area contributed by atoms with E-state index in [0.717, 1.165) is 22.3 Å². The smallest absolute Gasteiger partial charge is 0.250 e. The molecule has 9 nitrogen and oxygen atoms in total. The quantitative estimate of drug-likeness (QED) is 0.604. The fourth-order valence-corrected chi connectivity index (χ4v) is 2.66. The fraction of sp³-hybridized carbons (Fsp3) is 0.176. The van der Waals surface area contributed by atoms with E-state index in [1.54, 1.807) is 11.6 Å². The van der Waals surface area contributed by atoms with E-state index in [2.05, 4.69) is 31.0 Å². The van der Waals surface area contributed by atoms with E-state index in [9.17, 15) is 4.79 Å². The summed E-state index contributed by atoms with van der Waals surface area (Å²) in [5.41, 5.74) is 3.99. The Morgan fingerprint density at radius 2 is 1.85 bits per heavy atom. The van der Waals surface area contributed by atoms with E-state index in [-0.39, 0.29) is 5.91 Å². The minimum Gasteiger partial charge on any atom is -0.324 e. The Kier molecular flexibility index (Phi) is 3.88. The molecule has 4 rings (SSSR count). The fourth-order valence-electron chi connectivity index (χ4n) is 2.66. The van der Waals surface area contributed by atoms with Crippen molar-refractivity contribution in [3.05, 3.63) is 54.4 Å². The van der Waals surface area contributed by atoms with E-state index >= 15 is 0 Å². The summed E-state index contributed by atoms with van der Waals surface area (Å²) in [6.07, 6.45) is 1.52. The molecule has 0 aliphatic heterocycles. The summed E-state index contributed by atoms with van der Waals surface area (Å²) in [5.74, 6) is -0.195. The number of fused-ring (bicyclic) bond motifs is 1. The zero-order valence-electron chi connectivity index (χ0n) is 14.2. The molecular weight excluding hydrogens is 332 g/mol. The summed E-state index contributed by atoms with van der Waals surface area (Å²) >= 11 is 0. The monoisotopic (exact) mass is 348 g/mol. The van der Waals surface area contributed by atoms with E-state index in [1.807, 2.05) is 49.4 Å². The number of anilines is 1. The molecule has 1 amide bonds. The first-order chi connectivity index (χ1) is 12.6. The molecule has 26 heavy (non-hydrogen) atoms. The summed E-state index contributed by atoms with van der Waals surface area (Å²) in [6.45, 7) is 3.69. The number of aryl methyl sites for hydroxylation is 1. The van der Waals surface area contributed by atoms with Crippen LogP contribution >= 0.6 is 0 Å². The largest absolute Gasteiger partial charge is 0.324 e. The zero-order valence-corrected chi connectivity index (χ0v) is 14.2. The molecule has 0 saturated carbocycles. The zero-order chi connectivity index (χ0) is 18.1. The Hall–Kier alpha value is -3.62. The molecule has 4 aromatic rings. The lowest BCUT2D eigenvalue weighted by Crippen LogP contribution is -2.25. The van der Waals surface area contributed by atoms with Crippen molar-refractivity contribution in [1.82, 2.24) is 35.2 Å². The molecular formula is C17H16N8O. The third kappa shape index (κ3) is 2.90. The average molecular weight is 348 g/mol. The lowest BCUT2D eigenvalue weighted by atomic mass is 10.1. The Bertz CT molecular complexity index is 1040. The van der Waals surface area contributed by atoms with Crippen molar-refractivity contribution < 1.29 is 4.79 Å². The molecule has 0 aliphatic rings. The second-order valence-electron chi connectivity index (χ2n) is 5.93. The van der Waals surface area contributed by atoms with Crippen LogP contribution in [0.15, 0.2) is 48.8 Å². The van der Waals surface area contributed by atoms with Gasteiger partial charge in [-0.05, 0) is 60.2 Å². The molecule has 130 valence electrons. The van der Waals surface area contributed by atoms with Gasteiger partial charge >= 0.3 is 0 Å². The van der Waals surface area contributed by atoms with Crippen molar-refractivity contribution >= 4 is 22.6 Å². The van der Waals surface area contributed by atoms with Crippen molar-refractivity contribution in [2.45, 2.75) is 19.9 Å². The third-order valence-corrected chi connectivity index (χ3v) is 4.09. The Labute approximate surface area is 148 Å². The maximum Gasteiger partial charge on any atom is 0.250 e. The van der Waals surface area contributed by atoms with Crippen molar-refractivity contribution in [3.63, 3.8) is 0 Å². The normalized spacial score (nSPS) is 12.2. The van der Waals surface area contributed by atoms with Gasteiger partial charge in [0.05, 0.1) is 5.69 Å². The number of nitrogens with zero attached hydrogens (tertiary/aromatic N) is 7. The standard InChI is InChI=1S/C17H16N8O/c1-11-9-13(7-8-16(11)24-10-18-22-23-24)19-17(26)12(2)25-20-14-5-3-4-6-15(14)21-25/h3-10,12H,1-2H3,(H,19,26). The highest BCUT2D eigenvalue weighted by Gasteiger charge is 2.18. The van der Waals surface area contributed by atoms with Gasteiger partial charge in [0.1, 0.15) is 23.4 Å². The van der Waals surface area contributed by atoms with Gasteiger partial charge in [-0.15, -0.1) is 5.10 Å². The number of tetrazole rings is 1. The SMILES string of the molecule is Cc1cc(NC(=O)C(C)n2nc3ccccc3n2)ccc1-n1cnnn1. The van der Waals surface area contributed by atoms with Crippen molar-refractivity contribution in [2.75, 3.05) is 5.32 Å². The second kappa shape index (κ2) is 6.36. The molecule has 9 heteroatoms. The molecule has 2 aromatic carbocycles. The van der Waals surface area contributed by atoms with E-state index < -0.39 is 6.04 Å². The molecule has 2 heterocycles. The molecule has 1 unspecified atom stereocenters. The number of hydrogen-bond acceptors (Lipinski definition) is 6. The van der Waals surface area contributed by atoms with Gasteiger partial charge in [-0.3, -0.25) is 4.79 Å². The molecule has 0 bridgehead atoms. The van der Waals surface area contributed by atoms with Crippen molar-refractivity contribution in [2.24, 2.45) is 0 Å². The van der Waals surface area contributed by atoms with Gasteiger partial charge in [-0.25, -0.2) is 4.68 Å². The Morgan fingerprint density at radius 1 is 1.12 bits per heavy atom. The lowest BCUT2D eigenvalue weighted by Gasteiger charge is -2.13. The van der Waals surface area contributed by atoms with Gasteiger partial charge in [0, 0.05) is 5.69 Å². The van der Waals surface area contributed by atoms with Crippen LogP contribution < -0.4 is 5.32 Å².